The first-order valence-electron chi connectivity index (χ1n) is 15.8. The largest absolute Gasteiger partial charge is 1.00 e. The number of allylic oxidation sites excluding steroid dienone is 4. The third-order valence-corrected chi connectivity index (χ3v) is 10.5. The summed E-state index contributed by atoms with van der Waals surface area (Å²) in [6, 6.07) is 37.7. The first-order valence-corrected chi connectivity index (χ1v) is 17.0. The zero-order valence-corrected chi connectivity index (χ0v) is 32.7. The first kappa shape index (κ1) is 39.7. The van der Waals surface area contributed by atoms with Gasteiger partial charge in [-0.15, -0.1) is 46.2 Å². The van der Waals surface area contributed by atoms with E-state index in [2.05, 4.69) is 171 Å². The molecule has 1 aliphatic carbocycles. The maximum Gasteiger partial charge on any atom is -0.109 e. The molecule has 0 heterocycles. The molecule has 6 rings (SSSR count). The quantitative estimate of drug-likeness (QED) is 0.214. The van der Waals surface area contributed by atoms with E-state index in [1.165, 1.54) is 68.0 Å². The summed E-state index contributed by atoms with van der Waals surface area (Å²) in [7, 11) is 0. The molecule has 3 heteroatoms. The molecule has 0 saturated heterocycles. The maximum atomic E-state index is 2.99. The topological polar surface area (TPSA) is 0 Å². The molecule has 5 aromatic carbocycles. The predicted octanol–water partition coefficient (Wildman–Crippen LogP) is 5.55. The van der Waals surface area contributed by atoms with Crippen LogP contribution in [0.15, 0.2) is 121 Å². The molecule has 0 fully saturated rings. The fourth-order valence-corrected chi connectivity index (χ4v) is 6.18. The van der Waals surface area contributed by atoms with Gasteiger partial charge >= 0.3 is 125 Å². The van der Waals surface area contributed by atoms with Crippen molar-refractivity contribution in [3.05, 3.63) is 150 Å². The molecule has 0 nitrogen and oxygen atoms in total. The molecule has 0 N–H and O–H groups in total. The zero-order chi connectivity index (χ0) is 32.0. The summed E-state index contributed by atoms with van der Waals surface area (Å²) in [6.07, 6.45) is 11.1. The smallest absolute Gasteiger partial charge is 0.109 e. The third-order valence-electron chi connectivity index (χ3n) is 8.50. The van der Waals surface area contributed by atoms with Crippen molar-refractivity contribution in [3.8, 4) is 0 Å². The summed E-state index contributed by atoms with van der Waals surface area (Å²) in [5.41, 5.74) is 6.18. The summed E-state index contributed by atoms with van der Waals surface area (Å²) < 4.78 is 1.59. The van der Waals surface area contributed by atoms with Gasteiger partial charge in [0.05, 0.1) is 0 Å². The number of benzene rings is 4. The van der Waals surface area contributed by atoms with E-state index >= 15 is 0 Å². The molecular weight excluding hydrogens is 679 g/mol. The van der Waals surface area contributed by atoms with Gasteiger partial charge in [-0.25, -0.2) is 12.2 Å². The van der Waals surface area contributed by atoms with Gasteiger partial charge in [0, 0.05) is 0 Å². The summed E-state index contributed by atoms with van der Waals surface area (Å²) in [5, 5.41) is 5.49. The zero-order valence-electron chi connectivity index (χ0n) is 28.7. The molecule has 5 aromatic rings. The van der Waals surface area contributed by atoms with Crippen LogP contribution in [-0.2, 0) is 46.9 Å². The Balaban J connectivity index is 0.000000270. The van der Waals surface area contributed by atoms with Crippen molar-refractivity contribution in [3.63, 3.8) is 0 Å². The minimum Gasteiger partial charge on any atom is -1.00 e. The summed E-state index contributed by atoms with van der Waals surface area (Å²) in [6.45, 7) is 18.3. The van der Waals surface area contributed by atoms with Crippen LogP contribution in [0.5, 0.6) is 0 Å². The Hall–Kier alpha value is -2.44. The molecule has 0 saturated carbocycles. The summed E-state index contributed by atoms with van der Waals surface area (Å²) in [4.78, 5) is 0. The molecule has 0 aromatic heterocycles. The van der Waals surface area contributed by atoms with E-state index < -0.39 is 0 Å². The van der Waals surface area contributed by atoms with E-state index in [1.807, 2.05) is 12.2 Å². The van der Waals surface area contributed by atoms with Crippen molar-refractivity contribution in [1.82, 2.24) is 0 Å². The van der Waals surface area contributed by atoms with E-state index in [0.29, 0.717) is 0 Å². The third kappa shape index (κ3) is 10.5. The van der Waals surface area contributed by atoms with Crippen LogP contribution in [-0.4, -0.2) is 3.21 Å². The molecule has 0 bridgehead atoms. The Morgan fingerprint density at radius 3 is 1.52 bits per heavy atom. The van der Waals surface area contributed by atoms with Gasteiger partial charge in [-0.05, 0) is 10.8 Å². The van der Waals surface area contributed by atoms with Crippen LogP contribution in [0, 0.1) is 6.08 Å². The van der Waals surface area contributed by atoms with Crippen molar-refractivity contribution in [1.29, 1.82) is 0 Å². The number of halogens is 2. The van der Waals surface area contributed by atoms with Crippen LogP contribution in [0.25, 0.3) is 21.5 Å². The van der Waals surface area contributed by atoms with E-state index in [1.54, 1.807) is 3.21 Å². The molecule has 0 spiro atoms. The molecule has 240 valence electrons. The molecule has 0 amide bonds. The van der Waals surface area contributed by atoms with Gasteiger partial charge in [0.25, 0.3) is 0 Å². The minimum absolute atomic E-state index is 0. The fourth-order valence-electron chi connectivity index (χ4n) is 5.32. The van der Waals surface area contributed by atoms with E-state index in [0.717, 1.165) is 12.8 Å². The van der Waals surface area contributed by atoms with Crippen LogP contribution >= 0.6 is 0 Å². The van der Waals surface area contributed by atoms with Crippen LogP contribution in [0.4, 0.5) is 0 Å². The normalized spacial score (nSPS) is 12.4. The second-order valence-electron chi connectivity index (χ2n) is 14.4. The Bertz CT molecular complexity index is 1660. The second kappa shape index (κ2) is 17.1. The van der Waals surface area contributed by atoms with E-state index in [-0.39, 0.29) is 41.1 Å². The number of hydrogen-bond donors (Lipinski definition) is 0. The van der Waals surface area contributed by atoms with Gasteiger partial charge in [-0.1, -0.05) is 76.9 Å². The molecule has 0 aliphatic heterocycles. The van der Waals surface area contributed by atoms with Gasteiger partial charge < -0.3 is 24.8 Å². The Kier molecular flexibility index (Phi) is 14.8. The van der Waals surface area contributed by atoms with E-state index in [9.17, 15) is 0 Å². The average molecular weight is 727 g/mol. The standard InChI is InChI=1S/C21H25.C17H18.C5H5.2ClH.Zr/c1-20(2,3)16-9-7-14-11-15-8-10-17(21(4,5)6)13-19(15)18(14)12-16;1-17(2,16-11-7-4-8-12-16)14-13-15-9-5-3-6-10-15;1-2-4-5-3-1;;;/h7-13H,1-6H3;3-12H,13H2,1-2H3;1-3H,4H2;2*1H;/q-1;;-1;;;+2/p-2. The molecule has 46 heavy (non-hydrogen) atoms. The average Bonchev–Trinajstić information content (AvgIpc) is 3.69. The molecular formula is C43H48Cl2Zr-2. The van der Waals surface area contributed by atoms with Crippen LogP contribution < -0.4 is 24.8 Å². The Morgan fingerprint density at radius 1 is 0.652 bits per heavy atom. The second-order valence-corrected chi connectivity index (χ2v) is 15.9. The SMILES string of the molecule is CC(C)(C)c1ccc2[cH-]c3ccc(C(C)(C)C)cc3c2c1.CC(C)([C](=[Zr+2])Cc1ccccc1)c1ccccc1.[C-]1=CC=CC1.[Cl-].[Cl-]. The van der Waals surface area contributed by atoms with Gasteiger partial charge in [-0.2, -0.15) is 6.08 Å². The number of hydrogen-bond acceptors (Lipinski definition) is 0. The number of fused-ring (bicyclic) bond motifs is 3. The van der Waals surface area contributed by atoms with E-state index in [4.69, 9.17) is 0 Å². The van der Waals surface area contributed by atoms with Gasteiger partial charge in [0.1, 0.15) is 0 Å². The number of rotatable bonds is 4. The first-order chi connectivity index (χ1) is 20.8. The summed E-state index contributed by atoms with van der Waals surface area (Å²) >= 11 is 1.53. The van der Waals surface area contributed by atoms with Crippen molar-refractivity contribution in [2.24, 2.45) is 0 Å². The van der Waals surface area contributed by atoms with Crippen molar-refractivity contribution < 1.29 is 49.0 Å². The Labute approximate surface area is 305 Å². The molecule has 0 radical (unpaired) electrons. The van der Waals surface area contributed by atoms with Gasteiger partial charge in [0.2, 0.25) is 0 Å². The monoisotopic (exact) mass is 724 g/mol. The molecule has 0 unspecified atom stereocenters. The van der Waals surface area contributed by atoms with Crippen LogP contribution in [0.2, 0.25) is 0 Å². The van der Waals surface area contributed by atoms with Crippen molar-refractivity contribution in [2.45, 2.75) is 84.5 Å². The fraction of sp³-hybridized carbons (Fsp3) is 0.302. The van der Waals surface area contributed by atoms with Crippen molar-refractivity contribution >= 4 is 24.8 Å². The van der Waals surface area contributed by atoms with Crippen LogP contribution in [0.3, 0.4) is 0 Å². The Morgan fingerprint density at radius 2 is 1.13 bits per heavy atom. The molecule has 0 atom stereocenters. The maximum absolute atomic E-state index is 2.99. The predicted molar refractivity (Wildman–Crippen MR) is 191 cm³/mol. The van der Waals surface area contributed by atoms with Crippen molar-refractivity contribution in [2.75, 3.05) is 0 Å². The van der Waals surface area contributed by atoms with Gasteiger partial charge in [-0.3, -0.25) is 6.08 Å². The minimum atomic E-state index is 0. The summed E-state index contributed by atoms with van der Waals surface area (Å²) in [5.74, 6) is 0. The van der Waals surface area contributed by atoms with Crippen LogP contribution in [0.1, 0.15) is 84.1 Å². The molecule has 1 aliphatic rings. The van der Waals surface area contributed by atoms with Gasteiger partial charge in [0.15, 0.2) is 0 Å².